The van der Waals surface area contributed by atoms with Crippen LogP contribution in [-0.2, 0) is 63.4 Å². The highest BCUT2D eigenvalue weighted by Gasteiger charge is 2.56. The first-order valence-electron chi connectivity index (χ1n) is 19.6. The molecule has 336 valence electrons. The molecule has 0 bridgehead atoms. The van der Waals surface area contributed by atoms with Crippen LogP contribution in [0.3, 0.4) is 0 Å². The monoisotopic (exact) mass is 870 g/mol. The number of aliphatic hydroxyl groups is 4. The van der Waals surface area contributed by atoms with Crippen LogP contribution in [0, 0.1) is 0 Å². The number of hydrogen-bond acceptors (Lipinski definition) is 18. The van der Waals surface area contributed by atoms with E-state index >= 15 is 0 Å². The molecule has 0 amide bonds. The van der Waals surface area contributed by atoms with Gasteiger partial charge in [-0.15, -0.1) is 0 Å². The van der Waals surface area contributed by atoms with Crippen LogP contribution in [0.2, 0.25) is 0 Å². The number of carboxylic acid groups (broad SMARTS) is 1. The van der Waals surface area contributed by atoms with Gasteiger partial charge in [-0.2, -0.15) is 0 Å². The van der Waals surface area contributed by atoms with Crippen molar-refractivity contribution in [2.45, 2.75) is 113 Å². The van der Waals surface area contributed by atoms with Crippen molar-refractivity contribution in [2.24, 2.45) is 0 Å². The van der Waals surface area contributed by atoms with Crippen molar-refractivity contribution >= 4 is 29.8 Å². The highest BCUT2D eigenvalue weighted by atomic mass is 16.8. The van der Waals surface area contributed by atoms with E-state index in [1.165, 1.54) is 57.2 Å². The second-order valence-electron chi connectivity index (χ2n) is 14.6. The number of carboxylic acids is 1. The van der Waals surface area contributed by atoms with E-state index in [0.29, 0.717) is 5.56 Å². The maximum Gasteiger partial charge on any atom is 0.339 e. The van der Waals surface area contributed by atoms with Gasteiger partial charge in [-0.05, 0) is 50.6 Å². The van der Waals surface area contributed by atoms with E-state index in [1.54, 1.807) is 54.6 Å². The normalized spacial score (nSPS) is 27.6. The first kappa shape index (κ1) is 47.7. The summed E-state index contributed by atoms with van der Waals surface area (Å²) in [5, 5.41) is 52.9. The Morgan fingerprint density at radius 3 is 1.68 bits per heavy atom. The topological polar surface area (TPSA) is 270 Å². The number of aliphatic hydroxyl groups excluding tert-OH is 4. The lowest BCUT2D eigenvalue weighted by Gasteiger charge is -2.46. The standard InChI is InChI=1S/C43H50O19/c1-22(2)55-41(53)35(61-42-31(47)30(46)29(45)23(3)56-42)34(40(52)54-4)62-43-36(60-39(51)26-18-12-7-13-19-26)33(57-27(37(48)49)20-24-14-8-5-9-15-24)32(28(21-44)58-43)59-38(50)25-16-10-6-11-17-25/h5-19,22-23,27-36,42-47H,20-21H2,1-4H3,(H,48,49)/t23-,27+,28+,29+,30+,31-,32-,33-,34+,35+,36+,42-,43-/m0/s1. The van der Waals surface area contributed by atoms with Crippen molar-refractivity contribution in [1.82, 2.24) is 0 Å². The first-order chi connectivity index (χ1) is 29.6. The third-order valence-corrected chi connectivity index (χ3v) is 9.80. The third kappa shape index (κ3) is 12.0. The molecular weight excluding hydrogens is 820 g/mol. The largest absolute Gasteiger partial charge is 0.479 e. The molecule has 3 aromatic carbocycles. The Morgan fingerprint density at radius 2 is 1.16 bits per heavy atom. The summed E-state index contributed by atoms with van der Waals surface area (Å²) >= 11 is 0. The number of esters is 4. The van der Waals surface area contributed by atoms with Crippen molar-refractivity contribution in [2.75, 3.05) is 13.7 Å². The molecule has 5 N–H and O–H groups in total. The quantitative estimate of drug-likeness (QED) is 0.0880. The zero-order chi connectivity index (χ0) is 45.1. The van der Waals surface area contributed by atoms with Crippen molar-refractivity contribution in [1.29, 1.82) is 0 Å². The van der Waals surface area contributed by atoms with E-state index in [2.05, 4.69) is 0 Å². The molecule has 0 spiro atoms. The van der Waals surface area contributed by atoms with Crippen molar-refractivity contribution < 1.29 is 92.1 Å². The number of hydrogen-bond donors (Lipinski definition) is 5. The molecule has 2 aliphatic heterocycles. The Kier molecular flexibility index (Phi) is 17.0. The van der Waals surface area contributed by atoms with E-state index in [4.69, 9.17) is 42.6 Å². The zero-order valence-corrected chi connectivity index (χ0v) is 34.1. The molecule has 0 aromatic heterocycles. The molecule has 19 heteroatoms. The van der Waals surface area contributed by atoms with Crippen molar-refractivity contribution in [3.8, 4) is 0 Å². The van der Waals surface area contributed by atoms with Crippen LogP contribution in [0.5, 0.6) is 0 Å². The van der Waals surface area contributed by atoms with Crippen LogP contribution in [0.4, 0.5) is 0 Å². The minimum absolute atomic E-state index is 0.0317. The summed E-state index contributed by atoms with van der Waals surface area (Å²) in [5.41, 5.74) is 0.505. The second-order valence-corrected chi connectivity index (χ2v) is 14.6. The summed E-state index contributed by atoms with van der Waals surface area (Å²) in [4.78, 5) is 68.0. The fourth-order valence-corrected chi connectivity index (χ4v) is 6.63. The Morgan fingerprint density at radius 1 is 0.645 bits per heavy atom. The van der Waals surface area contributed by atoms with E-state index < -0.39 is 122 Å². The second kappa shape index (κ2) is 22.1. The van der Waals surface area contributed by atoms with Crippen molar-refractivity contribution in [3.63, 3.8) is 0 Å². The van der Waals surface area contributed by atoms with Gasteiger partial charge >= 0.3 is 29.8 Å². The van der Waals surface area contributed by atoms with Gasteiger partial charge in [-0.1, -0.05) is 66.7 Å². The summed E-state index contributed by atoms with van der Waals surface area (Å²) in [6.07, 6.45) is -25.3. The molecular formula is C43H50O19. The van der Waals surface area contributed by atoms with E-state index in [0.717, 1.165) is 7.11 Å². The van der Waals surface area contributed by atoms with Crippen LogP contribution in [0.15, 0.2) is 91.0 Å². The van der Waals surface area contributed by atoms with Crippen molar-refractivity contribution in [3.05, 3.63) is 108 Å². The van der Waals surface area contributed by atoms with Gasteiger partial charge in [-0.3, -0.25) is 0 Å². The van der Waals surface area contributed by atoms with Gasteiger partial charge < -0.3 is 68.2 Å². The fourth-order valence-electron chi connectivity index (χ4n) is 6.63. The van der Waals surface area contributed by atoms with Gasteiger partial charge in [0, 0.05) is 6.42 Å². The molecule has 0 radical (unpaired) electrons. The highest BCUT2D eigenvalue weighted by molar-refractivity contribution is 5.90. The maximum absolute atomic E-state index is 13.9. The van der Waals surface area contributed by atoms with Crippen LogP contribution in [0.25, 0.3) is 0 Å². The van der Waals surface area contributed by atoms with Gasteiger partial charge in [0.05, 0.1) is 37.1 Å². The van der Waals surface area contributed by atoms with Crippen LogP contribution in [0.1, 0.15) is 47.1 Å². The molecule has 2 aliphatic rings. The van der Waals surface area contributed by atoms with Crippen LogP contribution in [-0.4, -0.2) is 155 Å². The average Bonchev–Trinajstić information content (AvgIpc) is 3.27. The predicted octanol–water partition coefficient (Wildman–Crippen LogP) is 0.958. The Bertz CT molecular complexity index is 1930. The molecule has 5 rings (SSSR count). The summed E-state index contributed by atoms with van der Waals surface area (Å²) in [5.74, 6) is -6.16. The summed E-state index contributed by atoms with van der Waals surface area (Å²) < 4.78 is 52.0. The Balaban J connectivity index is 1.63. The number of ether oxygens (including phenoxy) is 9. The molecule has 0 saturated carbocycles. The summed E-state index contributed by atoms with van der Waals surface area (Å²) in [6, 6.07) is 23.4. The molecule has 13 atom stereocenters. The molecule has 2 saturated heterocycles. The molecule has 2 heterocycles. The Labute approximate surface area is 355 Å². The molecule has 0 unspecified atom stereocenters. The van der Waals surface area contributed by atoms with Crippen LogP contribution >= 0.6 is 0 Å². The number of aliphatic carboxylic acids is 1. The molecule has 0 aliphatic carbocycles. The average molecular weight is 871 g/mol. The minimum Gasteiger partial charge on any atom is -0.479 e. The lowest BCUT2D eigenvalue weighted by atomic mass is 9.96. The van der Waals surface area contributed by atoms with E-state index in [1.807, 2.05) is 0 Å². The first-order valence-corrected chi connectivity index (χ1v) is 19.6. The zero-order valence-electron chi connectivity index (χ0n) is 34.1. The molecule has 62 heavy (non-hydrogen) atoms. The number of rotatable bonds is 18. The van der Waals surface area contributed by atoms with E-state index in [9.17, 15) is 49.5 Å². The van der Waals surface area contributed by atoms with Gasteiger partial charge in [-0.25, -0.2) is 24.0 Å². The molecule has 19 nitrogen and oxygen atoms in total. The van der Waals surface area contributed by atoms with Crippen LogP contribution < -0.4 is 0 Å². The predicted molar refractivity (Wildman–Crippen MR) is 209 cm³/mol. The number of carbonyl (C=O) groups is 5. The summed E-state index contributed by atoms with van der Waals surface area (Å²) in [6.45, 7) is 3.31. The molecule has 3 aromatic rings. The lowest BCUT2D eigenvalue weighted by Crippen LogP contribution is -2.65. The van der Waals surface area contributed by atoms with Gasteiger partial charge in [0.25, 0.3) is 0 Å². The summed E-state index contributed by atoms with van der Waals surface area (Å²) in [7, 11) is 0.925. The fraction of sp³-hybridized carbons (Fsp3) is 0.465. The van der Waals surface area contributed by atoms with Gasteiger partial charge in [0.1, 0.15) is 30.5 Å². The third-order valence-electron chi connectivity index (χ3n) is 9.80. The smallest absolute Gasteiger partial charge is 0.339 e. The van der Waals surface area contributed by atoms with E-state index in [-0.39, 0.29) is 17.5 Å². The highest BCUT2D eigenvalue weighted by Crippen LogP contribution is 2.34. The van der Waals surface area contributed by atoms with Gasteiger partial charge in [0.15, 0.2) is 43.1 Å². The number of methoxy groups -OCH3 is 1. The molecule has 2 fully saturated rings. The Hall–Kier alpha value is -5.35. The maximum atomic E-state index is 13.9. The minimum atomic E-state index is -2.28. The number of carbonyl (C=O) groups excluding carboxylic acids is 4. The lowest BCUT2D eigenvalue weighted by molar-refractivity contribution is -0.337. The van der Waals surface area contributed by atoms with Gasteiger partial charge in [0.2, 0.25) is 0 Å². The SMILES string of the molecule is COC(=O)[C@H](O[C@@H]1O[C@H](CO)[C@H](OC(=O)c2ccccc2)[C@H](O[C@H](Cc2ccccc2)C(=O)O)[C@H]1OC(=O)c1ccccc1)[C@@H](O[C@@H]1O[C@@H](C)[C@@H](O)[C@@H](O)[C@@H]1O)C(=O)OC(C)C. The number of benzene rings is 3.